The van der Waals surface area contributed by atoms with Crippen LogP contribution in [0.15, 0.2) is 35.1 Å². The maximum Gasteiger partial charge on any atom is 0.152 e. The fourth-order valence-electron chi connectivity index (χ4n) is 1.45. The van der Waals surface area contributed by atoms with Crippen LogP contribution >= 0.6 is 15.9 Å². The van der Waals surface area contributed by atoms with Crippen molar-refractivity contribution in [2.75, 3.05) is 5.32 Å². The van der Waals surface area contributed by atoms with E-state index in [9.17, 15) is 13.2 Å². The van der Waals surface area contributed by atoms with Gasteiger partial charge >= 0.3 is 0 Å². The quantitative estimate of drug-likeness (QED) is 0.929. The van der Waals surface area contributed by atoms with Crippen LogP contribution < -0.4 is 5.32 Å². The molecule has 0 spiro atoms. The number of hydrogen-bond donors (Lipinski definition) is 1. The number of halogens is 4. The Balaban J connectivity index is 2.16. The van der Waals surface area contributed by atoms with E-state index < -0.39 is 17.5 Å². The van der Waals surface area contributed by atoms with Crippen molar-refractivity contribution in [3.8, 4) is 0 Å². The van der Waals surface area contributed by atoms with E-state index in [1.54, 1.807) is 18.5 Å². The van der Waals surface area contributed by atoms with Crippen LogP contribution in [0.2, 0.25) is 0 Å². The average Bonchev–Trinajstić information content (AvgIpc) is 2.27. The van der Waals surface area contributed by atoms with Crippen LogP contribution in [0.4, 0.5) is 18.9 Å². The number of pyridine rings is 1. The molecule has 2 nitrogen and oxygen atoms in total. The summed E-state index contributed by atoms with van der Waals surface area (Å²) >= 11 is 3.24. The van der Waals surface area contributed by atoms with Crippen molar-refractivity contribution < 1.29 is 13.2 Å². The summed E-state index contributed by atoms with van der Waals surface area (Å²) in [5.41, 5.74) is 0.392. The molecule has 94 valence electrons. The third-order valence-corrected chi connectivity index (χ3v) is 2.67. The molecule has 0 aliphatic rings. The molecular weight excluding hydrogens is 309 g/mol. The second-order valence-electron chi connectivity index (χ2n) is 3.61. The van der Waals surface area contributed by atoms with Crippen LogP contribution in [0.1, 0.15) is 5.56 Å². The highest BCUT2D eigenvalue weighted by Gasteiger charge is 2.10. The van der Waals surface area contributed by atoms with Gasteiger partial charge in [-0.2, -0.15) is 0 Å². The minimum Gasteiger partial charge on any atom is -0.376 e. The van der Waals surface area contributed by atoms with Gasteiger partial charge in [-0.3, -0.25) is 4.98 Å². The molecule has 0 saturated carbocycles. The zero-order chi connectivity index (χ0) is 13.1. The Morgan fingerprint density at radius 1 is 1.06 bits per heavy atom. The molecule has 0 amide bonds. The summed E-state index contributed by atoms with van der Waals surface area (Å²) in [7, 11) is 0. The summed E-state index contributed by atoms with van der Waals surface area (Å²) in [5.74, 6) is -2.87. The monoisotopic (exact) mass is 316 g/mol. The van der Waals surface area contributed by atoms with E-state index >= 15 is 0 Å². The molecule has 0 radical (unpaired) electrons. The molecule has 1 aromatic heterocycles. The fraction of sp³-hybridized carbons (Fsp3) is 0.0833. The first kappa shape index (κ1) is 12.9. The van der Waals surface area contributed by atoms with Gasteiger partial charge in [-0.1, -0.05) is 0 Å². The lowest BCUT2D eigenvalue weighted by Crippen LogP contribution is -2.04. The molecule has 0 aliphatic heterocycles. The van der Waals surface area contributed by atoms with Gasteiger partial charge in [-0.25, -0.2) is 13.2 Å². The maximum atomic E-state index is 13.3. The number of nitrogens with one attached hydrogen (secondary N) is 1. The Morgan fingerprint density at radius 3 is 2.33 bits per heavy atom. The lowest BCUT2D eigenvalue weighted by molar-refractivity contribution is 0.547. The molecule has 0 atom stereocenters. The van der Waals surface area contributed by atoms with E-state index in [0.29, 0.717) is 12.1 Å². The normalized spacial score (nSPS) is 10.4. The summed E-state index contributed by atoms with van der Waals surface area (Å²) in [4.78, 5) is 3.92. The summed E-state index contributed by atoms with van der Waals surface area (Å²) in [5, 5.41) is 2.57. The molecular formula is C12H8BrF3N2. The minimum absolute atomic E-state index is 0.186. The lowest BCUT2D eigenvalue weighted by Gasteiger charge is -2.09. The third-order valence-electron chi connectivity index (χ3n) is 2.24. The predicted octanol–water partition coefficient (Wildman–Crippen LogP) is 3.87. The van der Waals surface area contributed by atoms with Gasteiger partial charge in [0.15, 0.2) is 11.6 Å². The Kier molecular flexibility index (Phi) is 3.86. The zero-order valence-corrected chi connectivity index (χ0v) is 10.6. The largest absolute Gasteiger partial charge is 0.376 e. The molecule has 18 heavy (non-hydrogen) atoms. The van der Waals surface area contributed by atoms with E-state index in [4.69, 9.17) is 0 Å². The van der Waals surface area contributed by atoms with E-state index in [0.717, 1.165) is 10.0 Å². The highest BCUT2D eigenvalue weighted by molar-refractivity contribution is 9.10. The third kappa shape index (κ3) is 3.01. The number of aromatic nitrogens is 1. The molecule has 1 heterocycles. The van der Waals surface area contributed by atoms with Crippen molar-refractivity contribution >= 4 is 21.6 Å². The molecule has 0 fully saturated rings. The highest BCUT2D eigenvalue weighted by Crippen LogP contribution is 2.21. The predicted molar refractivity (Wildman–Crippen MR) is 65.6 cm³/mol. The van der Waals surface area contributed by atoms with Crippen molar-refractivity contribution in [3.05, 3.63) is 58.1 Å². The molecule has 1 N–H and O–H groups in total. The highest BCUT2D eigenvalue weighted by atomic mass is 79.9. The van der Waals surface area contributed by atoms with Gasteiger partial charge in [-0.05, 0) is 27.6 Å². The molecule has 1 aromatic carbocycles. The van der Waals surface area contributed by atoms with Crippen molar-refractivity contribution in [1.29, 1.82) is 0 Å². The van der Waals surface area contributed by atoms with Crippen LogP contribution in [0.25, 0.3) is 0 Å². The molecule has 0 unspecified atom stereocenters. The zero-order valence-electron chi connectivity index (χ0n) is 9.05. The van der Waals surface area contributed by atoms with Crippen molar-refractivity contribution in [2.24, 2.45) is 0 Å². The summed E-state index contributed by atoms with van der Waals surface area (Å²) in [6, 6.07) is 3.02. The molecule has 0 bridgehead atoms. The van der Waals surface area contributed by atoms with Gasteiger partial charge in [0.05, 0.1) is 0 Å². The maximum absolute atomic E-state index is 13.3. The molecule has 2 aromatic rings. The Hall–Kier alpha value is -1.56. The topological polar surface area (TPSA) is 24.9 Å². The first-order valence-electron chi connectivity index (χ1n) is 5.04. The van der Waals surface area contributed by atoms with E-state index in [-0.39, 0.29) is 12.2 Å². The first-order chi connectivity index (χ1) is 8.56. The van der Waals surface area contributed by atoms with Gasteiger partial charge in [0.1, 0.15) is 11.5 Å². The Bertz CT molecular complexity index is 552. The average molecular weight is 317 g/mol. The van der Waals surface area contributed by atoms with Crippen LogP contribution in [0.3, 0.4) is 0 Å². The van der Waals surface area contributed by atoms with Crippen LogP contribution in [0.5, 0.6) is 0 Å². The van der Waals surface area contributed by atoms with Crippen molar-refractivity contribution in [2.45, 2.75) is 6.54 Å². The van der Waals surface area contributed by atoms with Crippen LogP contribution in [0, 0.1) is 17.5 Å². The summed E-state index contributed by atoms with van der Waals surface area (Å²) in [6.07, 6.45) is 3.17. The minimum atomic E-state index is -0.963. The fourth-order valence-corrected chi connectivity index (χ4v) is 1.87. The second kappa shape index (κ2) is 5.39. The first-order valence-corrected chi connectivity index (χ1v) is 5.83. The second-order valence-corrected chi connectivity index (χ2v) is 4.53. The van der Waals surface area contributed by atoms with Crippen LogP contribution in [-0.4, -0.2) is 4.98 Å². The number of benzene rings is 1. The Labute approximate surface area is 110 Å². The number of anilines is 1. The molecule has 6 heteroatoms. The number of nitrogens with zero attached hydrogens (tertiary/aromatic N) is 1. The molecule has 0 aliphatic carbocycles. The van der Waals surface area contributed by atoms with Gasteiger partial charge in [0.25, 0.3) is 0 Å². The molecule has 2 rings (SSSR count). The summed E-state index contributed by atoms with van der Waals surface area (Å²) < 4.78 is 40.1. The lowest BCUT2D eigenvalue weighted by atomic mass is 10.2. The SMILES string of the molecule is Fc1cc(F)c(NCc2cncc(Br)c2)c(F)c1. The Morgan fingerprint density at radius 2 is 1.72 bits per heavy atom. The number of hydrogen-bond acceptors (Lipinski definition) is 2. The van der Waals surface area contributed by atoms with E-state index in [1.165, 1.54) is 0 Å². The number of rotatable bonds is 3. The van der Waals surface area contributed by atoms with E-state index in [2.05, 4.69) is 26.2 Å². The van der Waals surface area contributed by atoms with Crippen LogP contribution in [-0.2, 0) is 6.54 Å². The smallest absolute Gasteiger partial charge is 0.152 e. The van der Waals surface area contributed by atoms with Crippen molar-refractivity contribution in [1.82, 2.24) is 4.98 Å². The van der Waals surface area contributed by atoms with Gasteiger partial charge in [0.2, 0.25) is 0 Å². The van der Waals surface area contributed by atoms with E-state index in [1.807, 2.05) is 0 Å². The van der Waals surface area contributed by atoms with Gasteiger partial charge in [-0.15, -0.1) is 0 Å². The standard InChI is InChI=1S/C12H8BrF3N2/c13-8-1-7(4-17-6-8)5-18-12-10(15)2-9(14)3-11(12)16/h1-4,6,18H,5H2. The van der Waals surface area contributed by atoms with Gasteiger partial charge in [0, 0.05) is 35.5 Å². The summed E-state index contributed by atoms with van der Waals surface area (Å²) in [6.45, 7) is 0.186. The molecule has 0 saturated heterocycles. The van der Waals surface area contributed by atoms with Crippen molar-refractivity contribution in [3.63, 3.8) is 0 Å². The van der Waals surface area contributed by atoms with Gasteiger partial charge < -0.3 is 5.32 Å².